The Balaban J connectivity index is 2.29. The van der Waals surface area contributed by atoms with E-state index in [0.29, 0.717) is 16.9 Å². The molecule has 2 aromatic carbocycles. The molecule has 2 rings (SSSR count). The molecule has 7 heteroatoms. The first kappa shape index (κ1) is 17.5. The van der Waals surface area contributed by atoms with Crippen molar-refractivity contribution in [2.75, 3.05) is 16.3 Å². The molecule has 1 amide bonds. The molecule has 0 saturated heterocycles. The average molecular weight is 397 g/mol. The predicted molar refractivity (Wildman–Crippen MR) is 96.5 cm³/mol. The highest BCUT2D eigenvalue weighted by molar-refractivity contribution is 9.10. The van der Waals surface area contributed by atoms with Gasteiger partial charge in [0.1, 0.15) is 0 Å². The van der Waals surface area contributed by atoms with Gasteiger partial charge in [-0.1, -0.05) is 28.1 Å². The third-order valence-corrected chi connectivity index (χ3v) is 4.33. The number of benzene rings is 2. The van der Waals surface area contributed by atoms with Crippen LogP contribution in [0.4, 0.5) is 11.4 Å². The van der Waals surface area contributed by atoms with Gasteiger partial charge in [0.2, 0.25) is 10.0 Å². The van der Waals surface area contributed by atoms with E-state index in [-0.39, 0.29) is 5.91 Å². The molecule has 0 heterocycles. The third kappa shape index (κ3) is 4.80. The lowest BCUT2D eigenvalue weighted by Crippen LogP contribution is -2.15. The van der Waals surface area contributed by atoms with E-state index in [0.717, 1.165) is 21.9 Å². The molecule has 0 atom stereocenters. The zero-order valence-electron chi connectivity index (χ0n) is 13.0. The molecule has 0 aliphatic carbocycles. The van der Waals surface area contributed by atoms with Crippen molar-refractivity contribution in [3.05, 3.63) is 57.6 Å². The van der Waals surface area contributed by atoms with Crippen molar-refractivity contribution < 1.29 is 13.2 Å². The van der Waals surface area contributed by atoms with Crippen LogP contribution in [0.3, 0.4) is 0 Å². The van der Waals surface area contributed by atoms with Crippen LogP contribution in [0.5, 0.6) is 0 Å². The van der Waals surface area contributed by atoms with Gasteiger partial charge in [0.15, 0.2) is 0 Å². The summed E-state index contributed by atoms with van der Waals surface area (Å²) in [6.07, 6.45) is 1.07. The van der Waals surface area contributed by atoms with Gasteiger partial charge in [0.25, 0.3) is 5.91 Å². The van der Waals surface area contributed by atoms with Crippen LogP contribution in [0, 0.1) is 13.8 Å². The second kappa shape index (κ2) is 6.72. The zero-order chi connectivity index (χ0) is 17.2. The fraction of sp³-hybridized carbons (Fsp3) is 0.188. The van der Waals surface area contributed by atoms with Crippen molar-refractivity contribution in [3.8, 4) is 0 Å². The molecule has 122 valence electrons. The lowest BCUT2D eigenvalue weighted by molar-refractivity contribution is 0.102. The quantitative estimate of drug-likeness (QED) is 0.827. The van der Waals surface area contributed by atoms with Gasteiger partial charge < -0.3 is 5.32 Å². The molecule has 0 aliphatic heterocycles. The Kier molecular flexibility index (Phi) is 5.11. The molecule has 0 radical (unpaired) electrons. The maximum absolute atomic E-state index is 12.4. The minimum atomic E-state index is -3.40. The minimum Gasteiger partial charge on any atom is -0.322 e. The van der Waals surface area contributed by atoms with Crippen LogP contribution < -0.4 is 10.0 Å². The van der Waals surface area contributed by atoms with E-state index in [1.165, 1.54) is 6.07 Å². The highest BCUT2D eigenvalue weighted by atomic mass is 79.9. The topological polar surface area (TPSA) is 75.3 Å². The summed E-state index contributed by atoms with van der Waals surface area (Å²) in [7, 11) is -3.40. The number of carbonyl (C=O) groups is 1. The zero-order valence-corrected chi connectivity index (χ0v) is 15.4. The van der Waals surface area contributed by atoms with Crippen LogP contribution in [0.1, 0.15) is 21.5 Å². The summed E-state index contributed by atoms with van der Waals surface area (Å²) in [4.78, 5) is 12.4. The van der Waals surface area contributed by atoms with Crippen LogP contribution in [0.25, 0.3) is 0 Å². The normalized spacial score (nSPS) is 11.1. The SMILES string of the molecule is Cc1ccc(Br)cc1NC(=O)c1ccc(C)c(NS(C)(=O)=O)c1. The van der Waals surface area contributed by atoms with Crippen molar-refractivity contribution in [1.82, 2.24) is 0 Å². The highest BCUT2D eigenvalue weighted by Gasteiger charge is 2.12. The number of nitrogens with one attached hydrogen (secondary N) is 2. The smallest absolute Gasteiger partial charge is 0.255 e. The fourth-order valence-electron chi connectivity index (χ4n) is 2.00. The first-order valence-electron chi connectivity index (χ1n) is 6.81. The van der Waals surface area contributed by atoms with E-state index >= 15 is 0 Å². The van der Waals surface area contributed by atoms with Gasteiger partial charge in [-0.15, -0.1) is 0 Å². The van der Waals surface area contributed by atoms with E-state index < -0.39 is 10.0 Å². The fourth-order valence-corrected chi connectivity index (χ4v) is 2.98. The molecule has 23 heavy (non-hydrogen) atoms. The Hall–Kier alpha value is -1.86. The first-order chi connectivity index (χ1) is 10.7. The third-order valence-electron chi connectivity index (χ3n) is 3.24. The maximum Gasteiger partial charge on any atom is 0.255 e. The monoisotopic (exact) mass is 396 g/mol. The summed E-state index contributed by atoms with van der Waals surface area (Å²) in [6.45, 7) is 3.67. The summed E-state index contributed by atoms with van der Waals surface area (Å²) >= 11 is 3.37. The second-order valence-electron chi connectivity index (χ2n) is 5.32. The van der Waals surface area contributed by atoms with Crippen LogP contribution in [0.2, 0.25) is 0 Å². The van der Waals surface area contributed by atoms with E-state index in [1.807, 2.05) is 25.1 Å². The minimum absolute atomic E-state index is 0.303. The molecule has 0 unspecified atom stereocenters. The van der Waals surface area contributed by atoms with E-state index in [9.17, 15) is 13.2 Å². The van der Waals surface area contributed by atoms with Gasteiger partial charge in [-0.05, 0) is 49.2 Å². The van der Waals surface area contributed by atoms with Gasteiger partial charge in [0.05, 0.1) is 11.9 Å². The molecule has 0 saturated carbocycles. The summed E-state index contributed by atoms with van der Waals surface area (Å²) in [5.74, 6) is -0.303. The summed E-state index contributed by atoms with van der Waals surface area (Å²) < 4.78 is 26.1. The van der Waals surface area contributed by atoms with E-state index in [1.54, 1.807) is 19.1 Å². The number of hydrogen-bond donors (Lipinski definition) is 2. The summed E-state index contributed by atoms with van der Waals surface area (Å²) in [6, 6.07) is 10.5. The van der Waals surface area contributed by atoms with Gasteiger partial charge in [-0.2, -0.15) is 0 Å². The second-order valence-corrected chi connectivity index (χ2v) is 7.98. The molecule has 0 spiro atoms. The number of hydrogen-bond acceptors (Lipinski definition) is 3. The number of halogens is 1. The predicted octanol–water partition coefficient (Wildman–Crippen LogP) is 3.69. The maximum atomic E-state index is 12.4. The van der Waals surface area contributed by atoms with Gasteiger partial charge in [-0.25, -0.2) is 8.42 Å². The van der Waals surface area contributed by atoms with Crippen molar-refractivity contribution in [2.45, 2.75) is 13.8 Å². The van der Waals surface area contributed by atoms with Crippen LogP contribution in [-0.4, -0.2) is 20.6 Å². The van der Waals surface area contributed by atoms with Crippen molar-refractivity contribution in [3.63, 3.8) is 0 Å². The number of anilines is 2. The molecular formula is C16H17BrN2O3S. The van der Waals surface area contributed by atoms with Crippen LogP contribution in [-0.2, 0) is 10.0 Å². The molecule has 0 aliphatic rings. The first-order valence-corrected chi connectivity index (χ1v) is 9.50. The Morgan fingerprint density at radius 3 is 2.26 bits per heavy atom. The van der Waals surface area contributed by atoms with Crippen LogP contribution >= 0.6 is 15.9 Å². The Bertz CT molecular complexity index is 864. The van der Waals surface area contributed by atoms with Crippen LogP contribution in [0.15, 0.2) is 40.9 Å². The lowest BCUT2D eigenvalue weighted by Gasteiger charge is -2.12. The Morgan fingerprint density at radius 2 is 1.61 bits per heavy atom. The largest absolute Gasteiger partial charge is 0.322 e. The Morgan fingerprint density at radius 1 is 1.00 bits per heavy atom. The molecule has 2 N–H and O–H groups in total. The molecule has 5 nitrogen and oxygen atoms in total. The number of amides is 1. The standard InChI is InChI=1S/C16H17BrN2O3S/c1-10-5-7-13(17)9-14(10)18-16(20)12-6-4-11(2)15(8-12)19-23(3,21)22/h4-9,19H,1-3H3,(H,18,20). The van der Waals surface area contributed by atoms with Crippen molar-refractivity contribution in [2.24, 2.45) is 0 Å². The Labute approximate surface area is 144 Å². The summed E-state index contributed by atoms with van der Waals surface area (Å²) in [5, 5.41) is 2.83. The number of carbonyl (C=O) groups excluding carboxylic acids is 1. The molecular weight excluding hydrogens is 380 g/mol. The van der Waals surface area contributed by atoms with Crippen molar-refractivity contribution >= 4 is 43.2 Å². The number of rotatable bonds is 4. The molecule has 0 fully saturated rings. The number of aryl methyl sites for hydroxylation is 2. The van der Waals surface area contributed by atoms with Gasteiger partial charge in [0, 0.05) is 15.7 Å². The van der Waals surface area contributed by atoms with Gasteiger partial charge >= 0.3 is 0 Å². The average Bonchev–Trinajstić information content (AvgIpc) is 2.43. The van der Waals surface area contributed by atoms with E-state index in [2.05, 4.69) is 26.0 Å². The van der Waals surface area contributed by atoms with Gasteiger partial charge in [-0.3, -0.25) is 9.52 Å². The molecule has 2 aromatic rings. The number of sulfonamides is 1. The molecule has 0 aromatic heterocycles. The summed E-state index contributed by atoms with van der Waals surface area (Å²) in [5.41, 5.74) is 3.14. The molecule has 0 bridgehead atoms. The van der Waals surface area contributed by atoms with E-state index in [4.69, 9.17) is 0 Å². The highest BCUT2D eigenvalue weighted by Crippen LogP contribution is 2.23. The van der Waals surface area contributed by atoms with Crippen molar-refractivity contribution in [1.29, 1.82) is 0 Å². The lowest BCUT2D eigenvalue weighted by atomic mass is 10.1.